The zero-order valence-electron chi connectivity index (χ0n) is 31.0. The van der Waals surface area contributed by atoms with E-state index < -0.39 is 17.8 Å². The fraction of sp³-hybridized carbons (Fsp3) is 0.974. The number of amides is 1. The average molecular weight is 662 g/mol. The average Bonchev–Trinajstić information content (AvgIpc) is 3.47. The Balaban J connectivity index is 1.19. The third-order valence-electron chi connectivity index (χ3n) is 16.1. The van der Waals surface area contributed by atoms with Gasteiger partial charge in [0, 0.05) is 25.1 Å². The molecule has 47 heavy (non-hydrogen) atoms. The van der Waals surface area contributed by atoms with Crippen LogP contribution in [0.2, 0.25) is 0 Å². The van der Waals surface area contributed by atoms with E-state index in [0.29, 0.717) is 56.6 Å². The van der Waals surface area contributed by atoms with Crippen LogP contribution in [0.5, 0.6) is 0 Å². The Kier molecular flexibility index (Phi) is 9.45. The van der Waals surface area contributed by atoms with Gasteiger partial charge in [-0.3, -0.25) is 0 Å². The molecule has 6 aliphatic rings. The summed E-state index contributed by atoms with van der Waals surface area (Å²) in [6.07, 6.45) is 6.14. The maximum Gasteiger partial charge on any atom is 0.410 e. The second-order valence-corrected chi connectivity index (χ2v) is 18.4. The number of carbonyl (C=O) groups is 1. The van der Waals surface area contributed by atoms with Gasteiger partial charge in [-0.15, -0.1) is 0 Å². The minimum Gasteiger partial charge on any atom is -0.446 e. The lowest BCUT2D eigenvalue weighted by atomic mass is 9.45. The van der Waals surface area contributed by atoms with Gasteiger partial charge in [0.05, 0.1) is 37.1 Å². The van der Waals surface area contributed by atoms with E-state index in [4.69, 9.17) is 14.2 Å². The molecule has 6 fully saturated rings. The zero-order valence-corrected chi connectivity index (χ0v) is 31.0. The molecule has 6 rings (SSSR count). The molecule has 1 amide bonds. The molecular formula is C39H67NO7. The van der Waals surface area contributed by atoms with Gasteiger partial charge in [0.15, 0.2) is 0 Å². The minimum atomic E-state index is -0.898. The molecule has 2 spiro atoms. The van der Waals surface area contributed by atoms with Crippen LogP contribution in [0.3, 0.4) is 0 Å². The smallest absolute Gasteiger partial charge is 0.410 e. The van der Waals surface area contributed by atoms with Gasteiger partial charge in [-0.1, -0.05) is 41.5 Å². The molecule has 0 aromatic rings. The van der Waals surface area contributed by atoms with Crippen molar-refractivity contribution in [3.8, 4) is 0 Å². The van der Waals surface area contributed by atoms with Crippen molar-refractivity contribution in [2.75, 3.05) is 32.9 Å². The predicted molar refractivity (Wildman–Crippen MR) is 182 cm³/mol. The van der Waals surface area contributed by atoms with Gasteiger partial charge in [-0.2, -0.15) is 0 Å². The number of fused-ring (bicyclic) bond motifs is 2. The summed E-state index contributed by atoms with van der Waals surface area (Å²) in [6.45, 7) is 22.7. The van der Waals surface area contributed by atoms with E-state index in [2.05, 4.69) is 41.5 Å². The van der Waals surface area contributed by atoms with Gasteiger partial charge < -0.3 is 34.4 Å². The van der Waals surface area contributed by atoms with Crippen LogP contribution in [0, 0.1) is 63.1 Å². The highest BCUT2D eigenvalue weighted by atomic mass is 16.6. The van der Waals surface area contributed by atoms with E-state index in [9.17, 15) is 20.1 Å². The number of carbonyl (C=O) groups excluding carboxylic acids is 1. The second kappa shape index (κ2) is 12.4. The largest absolute Gasteiger partial charge is 0.446 e. The van der Waals surface area contributed by atoms with Gasteiger partial charge in [-0.25, -0.2) is 4.79 Å². The van der Waals surface area contributed by atoms with Gasteiger partial charge >= 0.3 is 6.09 Å². The summed E-state index contributed by atoms with van der Waals surface area (Å²) < 4.78 is 17.7. The molecular weight excluding hydrogens is 594 g/mol. The number of morpholine rings is 1. The SMILES string of the molecule is CCO[C@@H](CC[C@@H](C)C(C)C1[C@H](O)C(O)C2[C@@H]3CCC4C(C)(C)[C@@H](OC(=O)N5CCOCC5)CC[C@@]45C(C)[C@@]35CC[C@]12C)C(C)(C)O. The first-order valence-corrected chi connectivity index (χ1v) is 19.2. The molecule has 14 atom stereocenters. The standard InChI is InChI=1S/C39H67NO7/c1-10-46-29(36(7,8)44)14-11-23(2)24(3)30-32(41)33(42)31-26-12-13-27-35(5,6)28(47-34(43)40-19-21-45-22-20-40)15-16-39(27)25(4)38(26,39)18-17-37(30,31)9/h23-33,41-42,44H,10-22H2,1-9H3/t23-,24?,25?,26+,27?,28+,29+,30?,31?,32+,33?,37-,38+,39-/m1/s1. The Hall–Kier alpha value is -0.930. The van der Waals surface area contributed by atoms with Crippen LogP contribution in [0.15, 0.2) is 0 Å². The number of nitrogens with zero attached hydrogens (tertiary/aromatic N) is 1. The molecule has 0 aromatic heterocycles. The lowest BCUT2D eigenvalue weighted by Crippen LogP contribution is -2.56. The Morgan fingerprint density at radius 1 is 0.979 bits per heavy atom. The zero-order chi connectivity index (χ0) is 34.3. The van der Waals surface area contributed by atoms with Crippen molar-refractivity contribution in [2.45, 2.75) is 144 Å². The monoisotopic (exact) mass is 661 g/mol. The molecule has 8 nitrogen and oxygen atoms in total. The third kappa shape index (κ3) is 5.26. The van der Waals surface area contributed by atoms with Crippen molar-refractivity contribution in [3.63, 3.8) is 0 Å². The van der Waals surface area contributed by atoms with Crippen LogP contribution in [-0.4, -0.2) is 89.2 Å². The highest BCUT2D eigenvalue weighted by Crippen LogP contribution is 2.89. The van der Waals surface area contributed by atoms with Crippen LogP contribution < -0.4 is 0 Å². The first-order valence-electron chi connectivity index (χ1n) is 19.2. The van der Waals surface area contributed by atoms with Gasteiger partial charge in [-0.05, 0) is 130 Å². The first-order chi connectivity index (χ1) is 22.0. The number of aliphatic hydroxyl groups is 3. The normalized spacial score (nSPS) is 45.9. The van der Waals surface area contributed by atoms with Crippen LogP contribution >= 0.6 is 0 Å². The lowest BCUT2D eigenvalue weighted by molar-refractivity contribution is -0.147. The summed E-state index contributed by atoms with van der Waals surface area (Å²) in [5, 5.41) is 34.6. The van der Waals surface area contributed by atoms with Gasteiger partial charge in [0.1, 0.15) is 6.10 Å². The molecule has 6 unspecified atom stereocenters. The molecule has 3 N–H and O–H groups in total. The van der Waals surface area contributed by atoms with Crippen molar-refractivity contribution >= 4 is 6.09 Å². The predicted octanol–water partition coefficient (Wildman–Crippen LogP) is 6.29. The fourth-order valence-corrected chi connectivity index (χ4v) is 13.7. The minimum absolute atomic E-state index is 0.0389. The van der Waals surface area contributed by atoms with Crippen molar-refractivity contribution in [1.82, 2.24) is 4.90 Å². The van der Waals surface area contributed by atoms with Crippen molar-refractivity contribution in [1.29, 1.82) is 0 Å². The lowest BCUT2D eigenvalue weighted by Gasteiger charge is -2.59. The maximum absolute atomic E-state index is 13.2. The molecule has 1 heterocycles. The van der Waals surface area contributed by atoms with E-state index in [1.54, 1.807) is 4.90 Å². The maximum atomic E-state index is 13.2. The Morgan fingerprint density at radius 2 is 1.66 bits per heavy atom. The summed E-state index contributed by atoms with van der Waals surface area (Å²) in [5.74, 6) is 2.17. The number of hydrogen-bond acceptors (Lipinski definition) is 7. The Morgan fingerprint density at radius 3 is 2.30 bits per heavy atom. The van der Waals surface area contributed by atoms with E-state index in [1.807, 2.05) is 20.8 Å². The van der Waals surface area contributed by atoms with Crippen LogP contribution in [-0.2, 0) is 14.2 Å². The molecule has 5 saturated carbocycles. The van der Waals surface area contributed by atoms with Crippen LogP contribution in [0.1, 0.15) is 114 Å². The number of ether oxygens (including phenoxy) is 3. The van der Waals surface area contributed by atoms with E-state index in [0.717, 1.165) is 44.9 Å². The van der Waals surface area contributed by atoms with Gasteiger partial charge in [0.2, 0.25) is 0 Å². The molecule has 0 aromatic carbocycles. The molecule has 0 radical (unpaired) electrons. The van der Waals surface area contributed by atoms with E-state index >= 15 is 0 Å². The fourth-order valence-electron chi connectivity index (χ4n) is 13.7. The van der Waals surface area contributed by atoms with Crippen LogP contribution in [0.25, 0.3) is 0 Å². The Labute approximate surface area is 284 Å². The molecule has 8 heteroatoms. The first kappa shape index (κ1) is 35.9. The highest BCUT2D eigenvalue weighted by molar-refractivity contribution is 5.68. The van der Waals surface area contributed by atoms with E-state index in [1.165, 1.54) is 6.42 Å². The summed E-state index contributed by atoms with van der Waals surface area (Å²) in [6, 6.07) is 0. The topological polar surface area (TPSA) is 109 Å². The molecule has 0 bridgehead atoms. The Bertz CT molecular complexity index is 1150. The summed E-state index contributed by atoms with van der Waals surface area (Å²) in [5.41, 5.74) is -0.722. The van der Waals surface area contributed by atoms with Gasteiger partial charge in [0.25, 0.3) is 0 Å². The summed E-state index contributed by atoms with van der Waals surface area (Å²) in [4.78, 5) is 15.0. The van der Waals surface area contributed by atoms with Crippen molar-refractivity contribution in [3.05, 3.63) is 0 Å². The van der Waals surface area contributed by atoms with Crippen molar-refractivity contribution < 1.29 is 34.3 Å². The number of rotatable bonds is 9. The highest BCUT2D eigenvalue weighted by Gasteiger charge is 2.85. The van der Waals surface area contributed by atoms with Crippen LogP contribution in [0.4, 0.5) is 4.79 Å². The molecule has 1 aliphatic heterocycles. The summed E-state index contributed by atoms with van der Waals surface area (Å²) >= 11 is 0. The molecule has 5 aliphatic carbocycles. The van der Waals surface area contributed by atoms with E-state index in [-0.39, 0.29) is 57.7 Å². The third-order valence-corrected chi connectivity index (χ3v) is 16.1. The van der Waals surface area contributed by atoms with Crippen molar-refractivity contribution in [2.24, 2.45) is 63.1 Å². The second-order valence-electron chi connectivity index (χ2n) is 18.4. The molecule has 1 saturated heterocycles. The number of hydrogen-bond donors (Lipinski definition) is 3. The molecule has 270 valence electrons. The number of aliphatic hydroxyl groups excluding tert-OH is 2. The quantitative estimate of drug-likeness (QED) is 0.267. The summed E-state index contributed by atoms with van der Waals surface area (Å²) in [7, 11) is 0.